The van der Waals surface area contributed by atoms with E-state index in [9.17, 15) is 18.8 Å². The minimum atomic E-state index is -0.912. The average molecular weight is 626 g/mol. The first-order valence-electron chi connectivity index (χ1n) is 11.8. The molecule has 3 aromatic rings. The van der Waals surface area contributed by atoms with Crippen molar-refractivity contribution in [1.29, 1.82) is 0 Å². The lowest BCUT2D eigenvalue weighted by Gasteiger charge is -2.26. The summed E-state index contributed by atoms with van der Waals surface area (Å²) >= 11 is 2.24. The smallest absolute Gasteiger partial charge is 0.335 e. The average Bonchev–Trinajstić information content (AvgIpc) is 2.88. The third kappa shape index (κ3) is 6.10. The van der Waals surface area contributed by atoms with Gasteiger partial charge in [-0.1, -0.05) is 18.2 Å². The Morgan fingerprint density at radius 1 is 1.03 bits per heavy atom. The molecule has 9 heteroatoms. The molecular weight excluding hydrogens is 602 g/mol. The first-order valence-corrected chi connectivity index (χ1v) is 12.8. The van der Waals surface area contributed by atoms with E-state index < -0.39 is 23.7 Å². The van der Waals surface area contributed by atoms with Crippen molar-refractivity contribution in [2.24, 2.45) is 0 Å². The quantitative estimate of drug-likeness (QED) is 0.141. The Kier molecular flexibility index (Phi) is 8.57. The number of amides is 4. The van der Waals surface area contributed by atoms with Crippen molar-refractivity contribution in [2.75, 3.05) is 11.5 Å². The van der Waals surface area contributed by atoms with Crippen molar-refractivity contribution in [1.82, 2.24) is 5.32 Å². The number of ether oxygens (including phenoxy) is 2. The minimum Gasteiger partial charge on any atom is -0.490 e. The summed E-state index contributed by atoms with van der Waals surface area (Å²) in [6.07, 6.45) is 3.55. The Labute approximate surface area is 233 Å². The maximum atomic E-state index is 13.4. The number of anilines is 1. The van der Waals surface area contributed by atoms with Gasteiger partial charge in [0.15, 0.2) is 11.5 Å². The maximum Gasteiger partial charge on any atom is 0.335 e. The summed E-state index contributed by atoms with van der Waals surface area (Å²) in [5.41, 5.74) is 2.11. The first kappa shape index (κ1) is 27.1. The molecule has 1 aliphatic heterocycles. The molecule has 0 aliphatic carbocycles. The molecule has 0 spiro atoms. The first-order chi connectivity index (χ1) is 18.3. The van der Waals surface area contributed by atoms with Crippen molar-refractivity contribution in [2.45, 2.75) is 20.0 Å². The molecule has 194 valence electrons. The molecule has 0 saturated carbocycles. The number of imide groups is 2. The number of hydrogen-bond donors (Lipinski definition) is 1. The Balaban J connectivity index is 1.71. The second kappa shape index (κ2) is 12.0. The largest absolute Gasteiger partial charge is 0.490 e. The van der Waals surface area contributed by atoms with Crippen LogP contribution in [0.5, 0.6) is 11.5 Å². The van der Waals surface area contributed by atoms with Crippen LogP contribution in [0.15, 0.2) is 78.9 Å². The number of allylic oxidation sites excluding steroid dienone is 1. The van der Waals surface area contributed by atoms with Crippen LogP contribution in [0, 0.1) is 9.39 Å². The number of hydrogen-bond acceptors (Lipinski definition) is 5. The molecule has 0 bridgehead atoms. The molecule has 0 radical (unpaired) electrons. The summed E-state index contributed by atoms with van der Waals surface area (Å²) < 4.78 is 26.5. The van der Waals surface area contributed by atoms with Crippen molar-refractivity contribution in [3.8, 4) is 11.5 Å². The van der Waals surface area contributed by atoms with E-state index in [4.69, 9.17) is 9.47 Å². The van der Waals surface area contributed by atoms with E-state index in [-0.39, 0.29) is 11.3 Å². The highest BCUT2D eigenvalue weighted by Gasteiger charge is 2.37. The second-order valence-electron chi connectivity index (χ2n) is 8.28. The van der Waals surface area contributed by atoms with Gasteiger partial charge in [0.1, 0.15) is 18.0 Å². The summed E-state index contributed by atoms with van der Waals surface area (Å²) in [7, 11) is 0. The van der Waals surface area contributed by atoms with Crippen molar-refractivity contribution >= 4 is 52.2 Å². The number of carbonyl (C=O) groups is 3. The fourth-order valence-corrected chi connectivity index (χ4v) is 4.25. The molecule has 1 fully saturated rings. The van der Waals surface area contributed by atoms with Crippen LogP contribution in [0.3, 0.4) is 0 Å². The van der Waals surface area contributed by atoms with E-state index in [0.717, 1.165) is 31.7 Å². The SMILES string of the molecule is C=CCc1cc(/C=C2\C(=O)NC(=O)N(c3ccc(F)cc3)C2=O)cc(OCC)c1OCc1ccc(I)cc1. The molecule has 1 aliphatic rings. The lowest BCUT2D eigenvalue weighted by atomic mass is 10.0. The highest BCUT2D eigenvalue weighted by molar-refractivity contribution is 14.1. The number of benzene rings is 3. The van der Waals surface area contributed by atoms with Crippen molar-refractivity contribution in [3.63, 3.8) is 0 Å². The molecule has 1 saturated heterocycles. The number of carbonyl (C=O) groups excluding carboxylic acids is 3. The molecule has 0 aromatic heterocycles. The zero-order valence-electron chi connectivity index (χ0n) is 20.5. The van der Waals surface area contributed by atoms with Crippen LogP contribution in [0.25, 0.3) is 6.08 Å². The van der Waals surface area contributed by atoms with E-state index >= 15 is 0 Å². The lowest BCUT2D eigenvalue weighted by Crippen LogP contribution is -2.54. The van der Waals surface area contributed by atoms with Gasteiger partial charge in [-0.2, -0.15) is 0 Å². The van der Waals surface area contributed by atoms with Crippen LogP contribution in [-0.2, 0) is 22.6 Å². The Bertz CT molecular complexity index is 1420. The molecule has 3 aromatic carbocycles. The summed E-state index contributed by atoms with van der Waals surface area (Å²) in [4.78, 5) is 39.1. The summed E-state index contributed by atoms with van der Waals surface area (Å²) in [5, 5.41) is 2.17. The van der Waals surface area contributed by atoms with Gasteiger partial charge >= 0.3 is 6.03 Å². The van der Waals surface area contributed by atoms with Gasteiger partial charge in [0.2, 0.25) is 0 Å². The summed E-state index contributed by atoms with van der Waals surface area (Å²) in [5.74, 6) is -1.20. The molecule has 7 nitrogen and oxygen atoms in total. The summed E-state index contributed by atoms with van der Waals surface area (Å²) in [6, 6.07) is 15.3. The van der Waals surface area contributed by atoms with E-state index in [1.54, 1.807) is 18.2 Å². The maximum absolute atomic E-state index is 13.4. The van der Waals surface area contributed by atoms with Crippen molar-refractivity contribution in [3.05, 3.63) is 105 Å². The predicted molar refractivity (Wildman–Crippen MR) is 150 cm³/mol. The number of rotatable bonds is 9. The Morgan fingerprint density at radius 3 is 2.39 bits per heavy atom. The highest BCUT2D eigenvalue weighted by atomic mass is 127. The number of barbiturate groups is 1. The zero-order valence-corrected chi connectivity index (χ0v) is 22.7. The van der Waals surface area contributed by atoms with Gasteiger partial charge < -0.3 is 9.47 Å². The third-order valence-corrected chi connectivity index (χ3v) is 6.33. The van der Waals surface area contributed by atoms with Gasteiger partial charge in [0.05, 0.1) is 12.3 Å². The van der Waals surface area contributed by atoms with E-state index in [1.807, 2.05) is 31.2 Å². The predicted octanol–water partition coefficient (Wildman–Crippen LogP) is 5.80. The minimum absolute atomic E-state index is 0.133. The number of halogens is 2. The van der Waals surface area contributed by atoms with E-state index in [1.165, 1.54) is 18.2 Å². The number of nitrogens with zero attached hydrogens (tertiary/aromatic N) is 1. The number of urea groups is 1. The molecular formula is C29H24FIN2O5. The van der Waals surface area contributed by atoms with Crippen molar-refractivity contribution < 1.29 is 28.2 Å². The van der Waals surface area contributed by atoms with Gasteiger partial charge in [-0.15, -0.1) is 6.58 Å². The standard InChI is InChI=1S/C29H24FIN2O5/c1-3-5-20-14-19(16-25(37-4-2)26(20)38-17-18-6-10-22(31)11-7-18)15-24-27(34)32-29(36)33(28(24)35)23-12-8-21(30)9-13-23/h3,6-16H,1,4-5,17H2,2H3,(H,32,34,36)/b24-15+. The topological polar surface area (TPSA) is 84.9 Å². The van der Waals surface area contributed by atoms with Gasteiger partial charge in [0, 0.05) is 9.13 Å². The summed E-state index contributed by atoms with van der Waals surface area (Å²) in [6.45, 7) is 6.34. The normalized spacial score (nSPS) is 14.4. The molecule has 0 atom stereocenters. The van der Waals surface area contributed by atoms with E-state index in [0.29, 0.717) is 36.7 Å². The van der Waals surface area contributed by atoms with Crippen LogP contribution >= 0.6 is 22.6 Å². The highest BCUT2D eigenvalue weighted by Crippen LogP contribution is 2.36. The van der Waals surface area contributed by atoms with Gasteiger partial charge in [-0.3, -0.25) is 14.9 Å². The van der Waals surface area contributed by atoms with Crippen LogP contribution in [0.1, 0.15) is 23.6 Å². The van der Waals surface area contributed by atoms with Crippen LogP contribution in [0.2, 0.25) is 0 Å². The molecule has 1 N–H and O–H groups in total. The van der Waals surface area contributed by atoms with Crippen LogP contribution in [0.4, 0.5) is 14.9 Å². The third-order valence-electron chi connectivity index (χ3n) is 5.61. The van der Waals surface area contributed by atoms with Crippen LogP contribution in [-0.4, -0.2) is 24.5 Å². The monoisotopic (exact) mass is 626 g/mol. The zero-order chi connectivity index (χ0) is 27.2. The van der Waals surface area contributed by atoms with E-state index in [2.05, 4.69) is 34.5 Å². The Morgan fingerprint density at radius 2 is 1.74 bits per heavy atom. The molecule has 0 unspecified atom stereocenters. The molecule has 4 amide bonds. The Hall–Kier alpha value is -3.99. The van der Waals surface area contributed by atoms with Crippen LogP contribution < -0.4 is 19.7 Å². The lowest BCUT2D eigenvalue weighted by molar-refractivity contribution is -0.122. The molecule has 4 rings (SSSR count). The van der Waals surface area contributed by atoms with Gasteiger partial charge in [-0.05, 0) is 102 Å². The number of nitrogens with one attached hydrogen (secondary N) is 1. The van der Waals surface area contributed by atoms with Gasteiger partial charge in [0.25, 0.3) is 11.8 Å². The van der Waals surface area contributed by atoms with Gasteiger partial charge in [-0.25, -0.2) is 14.1 Å². The molecule has 38 heavy (non-hydrogen) atoms. The fraction of sp³-hybridized carbons (Fsp3) is 0.138. The second-order valence-corrected chi connectivity index (χ2v) is 9.53. The fourth-order valence-electron chi connectivity index (χ4n) is 3.89. The molecule has 1 heterocycles.